The van der Waals surface area contributed by atoms with Crippen molar-refractivity contribution in [1.29, 1.82) is 0 Å². The van der Waals surface area contributed by atoms with Crippen molar-refractivity contribution in [2.45, 2.75) is 32.6 Å². The van der Waals surface area contributed by atoms with Gasteiger partial charge in [-0.3, -0.25) is 0 Å². The molecule has 0 aromatic heterocycles. The van der Waals surface area contributed by atoms with Crippen molar-refractivity contribution in [3.8, 4) is 0 Å². The smallest absolute Gasteiger partial charge is 0.211 e. The molecule has 1 aliphatic rings. The molecule has 72 valence electrons. The van der Waals surface area contributed by atoms with E-state index in [4.69, 9.17) is 0 Å². The molecule has 3 nitrogen and oxygen atoms in total. The van der Waals surface area contributed by atoms with E-state index in [1.54, 1.807) is 0 Å². The Morgan fingerprint density at radius 2 is 1.83 bits per heavy atom. The minimum Gasteiger partial charge on any atom is -0.218 e. The third-order valence-corrected chi connectivity index (χ3v) is 4.36. The fraction of sp³-hybridized carbons (Fsp3) is 1.00. The van der Waals surface area contributed by atoms with Gasteiger partial charge in [0, 0.05) is 0 Å². The SMILES string of the molecule is CNS(=O)(=O)CC1(C)CCCC1. The molecule has 0 atom stereocenters. The van der Waals surface area contributed by atoms with E-state index in [1.807, 2.05) is 0 Å². The number of hydrogen-bond donors (Lipinski definition) is 1. The Balaban J connectivity index is 2.61. The van der Waals surface area contributed by atoms with Crippen LogP contribution in [-0.2, 0) is 10.0 Å². The number of nitrogens with one attached hydrogen (secondary N) is 1. The summed E-state index contributed by atoms with van der Waals surface area (Å²) in [6.45, 7) is 2.06. The Morgan fingerprint density at radius 3 is 2.25 bits per heavy atom. The molecule has 1 rings (SSSR count). The summed E-state index contributed by atoms with van der Waals surface area (Å²) in [6, 6.07) is 0. The summed E-state index contributed by atoms with van der Waals surface area (Å²) >= 11 is 0. The molecule has 1 aliphatic carbocycles. The first-order chi connectivity index (χ1) is 5.47. The van der Waals surface area contributed by atoms with Crippen LogP contribution >= 0.6 is 0 Å². The standard InChI is InChI=1S/C8H17NO2S/c1-8(5-3-4-6-8)7-12(10,11)9-2/h9H,3-7H2,1-2H3. The first-order valence-electron chi connectivity index (χ1n) is 4.39. The van der Waals surface area contributed by atoms with Crippen LogP contribution in [0.5, 0.6) is 0 Å². The van der Waals surface area contributed by atoms with E-state index in [2.05, 4.69) is 11.6 Å². The summed E-state index contributed by atoms with van der Waals surface area (Å²) in [6.07, 6.45) is 4.45. The molecule has 0 unspecified atom stereocenters. The molecule has 1 N–H and O–H groups in total. The molecule has 1 saturated carbocycles. The van der Waals surface area contributed by atoms with Gasteiger partial charge in [0.1, 0.15) is 0 Å². The minimum absolute atomic E-state index is 0.0296. The van der Waals surface area contributed by atoms with Crippen molar-refractivity contribution in [1.82, 2.24) is 4.72 Å². The summed E-state index contributed by atoms with van der Waals surface area (Å²) in [5.74, 6) is 0.288. The fourth-order valence-corrected chi connectivity index (χ4v) is 3.25. The van der Waals surface area contributed by atoms with Crippen molar-refractivity contribution < 1.29 is 8.42 Å². The first-order valence-corrected chi connectivity index (χ1v) is 6.04. The van der Waals surface area contributed by atoms with Crippen LogP contribution in [0.15, 0.2) is 0 Å². The fourth-order valence-electron chi connectivity index (χ4n) is 1.90. The molecule has 0 aliphatic heterocycles. The lowest BCUT2D eigenvalue weighted by atomic mass is 9.92. The second-order valence-electron chi connectivity index (χ2n) is 3.98. The Bertz CT molecular complexity index is 240. The predicted molar refractivity (Wildman–Crippen MR) is 49.4 cm³/mol. The summed E-state index contributed by atoms with van der Waals surface area (Å²) in [5, 5.41) is 0. The molecule has 0 radical (unpaired) electrons. The van der Waals surface area contributed by atoms with Crippen LogP contribution in [0.3, 0.4) is 0 Å². The maximum Gasteiger partial charge on any atom is 0.211 e. The average Bonchev–Trinajstić information content (AvgIpc) is 2.35. The second-order valence-corrected chi connectivity index (χ2v) is 5.91. The lowest BCUT2D eigenvalue weighted by Crippen LogP contribution is -2.31. The zero-order valence-corrected chi connectivity index (χ0v) is 8.58. The molecule has 0 aromatic rings. The zero-order chi connectivity index (χ0) is 9.24. The quantitative estimate of drug-likeness (QED) is 0.726. The number of rotatable bonds is 3. The van der Waals surface area contributed by atoms with Crippen molar-refractivity contribution >= 4 is 10.0 Å². The van der Waals surface area contributed by atoms with E-state index in [0.29, 0.717) is 0 Å². The molecule has 12 heavy (non-hydrogen) atoms. The van der Waals surface area contributed by atoms with Gasteiger partial charge in [-0.25, -0.2) is 13.1 Å². The van der Waals surface area contributed by atoms with Gasteiger partial charge in [0.05, 0.1) is 5.75 Å². The lowest BCUT2D eigenvalue weighted by molar-refractivity contribution is 0.381. The molecule has 0 bridgehead atoms. The summed E-state index contributed by atoms with van der Waals surface area (Å²) in [4.78, 5) is 0. The second kappa shape index (κ2) is 3.34. The van der Waals surface area contributed by atoms with Gasteiger partial charge in [0.25, 0.3) is 0 Å². The number of hydrogen-bond acceptors (Lipinski definition) is 2. The summed E-state index contributed by atoms with van der Waals surface area (Å²) in [5.41, 5.74) is 0.0296. The van der Waals surface area contributed by atoms with Crippen LogP contribution in [0.2, 0.25) is 0 Å². The normalized spacial score (nSPS) is 22.8. The average molecular weight is 191 g/mol. The third kappa shape index (κ3) is 2.45. The highest BCUT2D eigenvalue weighted by Crippen LogP contribution is 2.38. The Morgan fingerprint density at radius 1 is 1.33 bits per heavy atom. The van der Waals surface area contributed by atoms with E-state index in [1.165, 1.54) is 19.9 Å². The molecule has 0 heterocycles. The van der Waals surface area contributed by atoms with E-state index >= 15 is 0 Å². The van der Waals surface area contributed by atoms with Crippen molar-refractivity contribution in [2.75, 3.05) is 12.8 Å². The van der Waals surface area contributed by atoms with Crippen molar-refractivity contribution in [3.05, 3.63) is 0 Å². The van der Waals surface area contributed by atoms with Crippen LogP contribution in [0, 0.1) is 5.41 Å². The molecular weight excluding hydrogens is 174 g/mol. The first kappa shape index (κ1) is 9.99. The summed E-state index contributed by atoms with van der Waals surface area (Å²) < 4.78 is 24.9. The van der Waals surface area contributed by atoms with Gasteiger partial charge in [-0.05, 0) is 25.3 Å². The molecule has 0 amide bonds. The Hall–Kier alpha value is -0.0900. The molecule has 1 fully saturated rings. The highest BCUT2D eigenvalue weighted by Gasteiger charge is 2.32. The topological polar surface area (TPSA) is 46.2 Å². The van der Waals surface area contributed by atoms with E-state index in [9.17, 15) is 8.42 Å². The van der Waals surface area contributed by atoms with Crippen LogP contribution in [0.1, 0.15) is 32.6 Å². The molecule has 0 saturated heterocycles. The maximum atomic E-state index is 11.2. The van der Waals surface area contributed by atoms with Crippen molar-refractivity contribution in [3.63, 3.8) is 0 Å². The number of sulfonamides is 1. The van der Waals surface area contributed by atoms with Crippen LogP contribution in [0.25, 0.3) is 0 Å². The highest BCUT2D eigenvalue weighted by molar-refractivity contribution is 7.89. The third-order valence-electron chi connectivity index (χ3n) is 2.66. The minimum atomic E-state index is -3.01. The van der Waals surface area contributed by atoms with Gasteiger partial charge in [0.15, 0.2) is 0 Å². The summed E-state index contributed by atoms with van der Waals surface area (Å²) in [7, 11) is -1.53. The van der Waals surface area contributed by atoms with Gasteiger partial charge in [-0.2, -0.15) is 0 Å². The molecule has 4 heteroatoms. The lowest BCUT2D eigenvalue weighted by Gasteiger charge is -2.22. The van der Waals surface area contributed by atoms with E-state index in [0.717, 1.165) is 12.8 Å². The zero-order valence-electron chi connectivity index (χ0n) is 7.76. The van der Waals surface area contributed by atoms with Crippen LogP contribution in [0.4, 0.5) is 0 Å². The van der Waals surface area contributed by atoms with Gasteiger partial charge in [-0.15, -0.1) is 0 Å². The molecule has 0 spiro atoms. The Labute approximate surface area is 74.6 Å². The van der Waals surface area contributed by atoms with E-state index < -0.39 is 10.0 Å². The van der Waals surface area contributed by atoms with Crippen LogP contribution < -0.4 is 4.72 Å². The molecule has 0 aromatic carbocycles. The Kier molecular flexibility index (Phi) is 2.78. The molecular formula is C8H17NO2S. The predicted octanol–water partition coefficient (Wildman–Crippen LogP) is 1.12. The van der Waals surface area contributed by atoms with E-state index in [-0.39, 0.29) is 11.2 Å². The monoisotopic (exact) mass is 191 g/mol. The highest BCUT2D eigenvalue weighted by atomic mass is 32.2. The maximum absolute atomic E-state index is 11.2. The van der Waals surface area contributed by atoms with Gasteiger partial charge in [0.2, 0.25) is 10.0 Å². The largest absolute Gasteiger partial charge is 0.218 e. The van der Waals surface area contributed by atoms with Gasteiger partial charge in [-0.1, -0.05) is 19.8 Å². The van der Waals surface area contributed by atoms with Gasteiger partial charge < -0.3 is 0 Å². The van der Waals surface area contributed by atoms with Gasteiger partial charge >= 0.3 is 0 Å². The van der Waals surface area contributed by atoms with Crippen molar-refractivity contribution in [2.24, 2.45) is 5.41 Å². The van der Waals surface area contributed by atoms with Crippen LogP contribution in [-0.4, -0.2) is 21.2 Å².